The Hall–Kier alpha value is -1.82. The third-order valence-electron chi connectivity index (χ3n) is 3.87. The summed E-state index contributed by atoms with van der Waals surface area (Å²) in [6, 6.07) is 0.397. The van der Waals surface area contributed by atoms with Gasteiger partial charge in [0.15, 0.2) is 0 Å². The van der Waals surface area contributed by atoms with Crippen molar-refractivity contribution in [3.05, 3.63) is 29.7 Å². The summed E-state index contributed by atoms with van der Waals surface area (Å²) < 4.78 is 0. The summed E-state index contributed by atoms with van der Waals surface area (Å²) >= 11 is 1.43. The Labute approximate surface area is 135 Å². The average Bonchev–Trinajstić information content (AvgIpc) is 3.05. The zero-order valence-corrected chi connectivity index (χ0v) is 14.3. The smallest absolute Gasteiger partial charge is 0.273 e. The highest BCUT2D eigenvalue weighted by atomic mass is 32.1. The van der Waals surface area contributed by atoms with Gasteiger partial charge in [-0.05, 0) is 26.7 Å². The number of rotatable bonds is 6. The van der Waals surface area contributed by atoms with E-state index in [0.29, 0.717) is 11.4 Å². The van der Waals surface area contributed by atoms with Gasteiger partial charge in [-0.3, -0.25) is 14.8 Å². The van der Waals surface area contributed by atoms with Gasteiger partial charge in [-0.2, -0.15) is 0 Å². The maximum atomic E-state index is 12.8. The first-order valence-electron chi connectivity index (χ1n) is 7.63. The van der Waals surface area contributed by atoms with Crippen LogP contribution in [0.4, 0.5) is 0 Å². The van der Waals surface area contributed by atoms with Gasteiger partial charge in [-0.25, -0.2) is 4.98 Å². The Balaban J connectivity index is 2.26. The number of carbonyl (C=O) groups excluding carboxylic acids is 1. The van der Waals surface area contributed by atoms with Gasteiger partial charge < -0.3 is 4.90 Å². The third-order valence-corrected chi connectivity index (χ3v) is 4.74. The minimum Gasteiger partial charge on any atom is -0.332 e. The number of thiazole rings is 1. The molecule has 0 saturated carbocycles. The summed E-state index contributed by atoms with van der Waals surface area (Å²) in [6.45, 7) is 8.36. The Kier molecular flexibility index (Phi) is 5.60. The maximum Gasteiger partial charge on any atom is 0.273 e. The molecule has 2 atom stereocenters. The first-order valence-corrected chi connectivity index (χ1v) is 8.51. The van der Waals surface area contributed by atoms with Crippen LogP contribution in [0.2, 0.25) is 0 Å². The molecular weight excluding hydrogens is 296 g/mol. The fourth-order valence-corrected chi connectivity index (χ4v) is 3.01. The Morgan fingerprint density at radius 1 is 1.23 bits per heavy atom. The molecule has 0 saturated heterocycles. The van der Waals surface area contributed by atoms with Crippen molar-refractivity contribution >= 4 is 17.2 Å². The summed E-state index contributed by atoms with van der Waals surface area (Å²) in [6.07, 6.45) is 6.77. The van der Waals surface area contributed by atoms with Crippen LogP contribution in [-0.2, 0) is 0 Å². The topological polar surface area (TPSA) is 59.0 Å². The summed E-state index contributed by atoms with van der Waals surface area (Å²) in [5.41, 5.74) is 1.19. The molecule has 1 amide bonds. The fourth-order valence-electron chi connectivity index (χ4n) is 2.26. The van der Waals surface area contributed by atoms with Gasteiger partial charge in [0.05, 0.1) is 6.20 Å². The van der Waals surface area contributed by atoms with E-state index in [0.717, 1.165) is 17.8 Å². The molecule has 2 heterocycles. The van der Waals surface area contributed by atoms with E-state index in [1.807, 2.05) is 10.3 Å². The molecule has 0 aliphatic heterocycles. The van der Waals surface area contributed by atoms with Crippen LogP contribution in [0.25, 0.3) is 10.7 Å². The Bertz CT molecular complexity index is 604. The quantitative estimate of drug-likeness (QED) is 0.816. The summed E-state index contributed by atoms with van der Waals surface area (Å²) in [4.78, 5) is 27.5. The van der Waals surface area contributed by atoms with Crippen LogP contribution in [0, 0.1) is 0 Å². The van der Waals surface area contributed by atoms with Crippen LogP contribution >= 0.6 is 11.3 Å². The number of carbonyl (C=O) groups is 1. The van der Waals surface area contributed by atoms with Crippen LogP contribution in [0.5, 0.6) is 0 Å². The molecule has 6 heteroatoms. The van der Waals surface area contributed by atoms with Crippen LogP contribution in [0.15, 0.2) is 24.0 Å². The lowest BCUT2D eigenvalue weighted by molar-refractivity contribution is 0.0593. The van der Waals surface area contributed by atoms with E-state index in [2.05, 4.69) is 42.6 Å². The third kappa shape index (κ3) is 3.50. The molecule has 2 aromatic heterocycles. The SMILES string of the molecule is CCC(C)N(C(=O)c1csc(-c2cnccn2)n1)C(C)CC. The van der Waals surface area contributed by atoms with Gasteiger partial charge in [0.1, 0.15) is 16.4 Å². The summed E-state index contributed by atoms with van der Waals surface area (Å²) in [5, 5.41) is 2.54. The van der Waals surface area contributed by atoms with Crippen LogP contribution < -0.4 is 0 Å². The highest BCUT2D eigenvalue weighted by Gasteiger charge is 2.26. The van der Waals surface area contributed by atoms with Crippen molar-refractivity contribution < 1.29 is 4.79 Å². The van der Waals surface area contributed by atoms with Gasteiger partial charge in [0.2, 0.25) is 0 Å². The van der Waals surface area contributed by atoms with Crippen molar-refractivity contribution in [3.8, 4) is 10.7 Å². The lowest BCUT2D eigenvalue weighted by atomic mass is 10.1. The Morgan fingerprint density at radius 3 is 2.45 bits per heavy atom. The summed E-state index contributed by atoms with van der Waals surface area (Å²) in [5.74, 6) is -0.00455. The van der Waals surface area contributed by atoms with E-state index < -0.39 is 0 Å². The normalized spacial score (nSPS) is 13.6. The number of hydrogen-bond acceptors (Lipinski definition) is 5. The molecule has 0 fully saturated rings. The average molecular weight is 318 g/mol. The molecule has 0 aromatic carbocycles. The highest BCUT2D eigenvalue weighted by molar-refractivity contribution is 7.13. The molecule has 2 unspecified atom stereocenters. The molecule has 0 spiro atoms. The second-order valence-corrected chi connectivity index (χ2v) is 6.21. The molecule has 118 valence electrons. The van der Waals surface area contributed by atoms with Gasteiger partial charge in [0, 0.05) is 29.9 Å². The van der Waals surface area contributed by atoms with Crippen LogP contribution in [0.1, 0.15) is 51.0 Å². The second kappa shape index (κ2) is 7.45. The molecule has 0 N–H and O–H groups in total. The fraction of sp³-hybridized carbons (Fsp3) is 0.500. The molecule has 0 radical (unpaired) electrons. The molecular formula is C16H22N4OS. The minimum absolute atomic E-state index is 0.00455. The van der Waals surface area contributed by atoms with Crippen molar-refractivity contribution in [2.24, 2.45) is 0 Å². The Morgan fingerprint density at radius 2 is 1.91 bits per heavy atom. The molecule has 0 bridgehead atoms. The summed E-state index contributed by atoms with van der Waals surface area (Å²) in [7, 11) is 0. The van der Waals surface area contributed by atoms with Gasteiger partial charge >= 0.3 is 0 Å². The van der Waals surface area contributed by atoms with E-state index in [9.17, 15) is 4.79 Å². The van der Waals surface area contributed by atoms with E-state index >= 15 is 0 Å². The lowest BCUT2D eigenvalue weighted by Crippen LogP contribution is -2.44. The van der Waals surface area contributed by atoms with E-state index in [1.54, 1.807) is 18.6 Å². The van der Waals surface area contributed by atoms with E-state index in [1.165, 1.54) is 11.3 Å². The predicted octanol–water partition coefficient (Wildman–Crippen LogP) is 3.64. The number of aromatic nitrogens is 3. The molecule has 5 nitrogen and oxygen atoms in total. The molecule has 2 rings (SSSR count). The minimum atomic E-state index is -0.00455. The van der Waals surface area contributed by atoms with Crippen LogP contribution in [0.3, 0.4) is 0 Å². The van der Waals surface area contributed by atoms with E-state index in [4.69, 9.17) is 0 Å². The van der Waals surface area contributed by atoms with Crippen molar-refractivity contribution in [3.63, 3.8) is 0 Å². The molecule has 0 aliphatic rings. The van der Waals surface area contributed by atoms with Crippen molar-refractivity contribution in [2.75, 3.05) is 0 Å². The maximum absolute atomic E-state index is 12.8. The van der Waals surface area contributed by atoms with Gasteiger partial charge in [-0.1, -0.05) is 13.8 Å². The number of hydrogen-bond donors (Lipinski definition) is 0. The molecule has 2 aromatic rings. The first-order chi connectivity index (χ1) is 10.6. The van der Waals surface area contributed by atoms with Gasteiger partial charge in [0.25, 0.3) is 5.91 Å². The van der Waals surface area contributed by atoms with Crippen molar-refractivity contribution in [1.29, 1.82) is 0 Å². The monoisotopic (exact) mass is 318 g/mol. The molecule has 22 heavy (non-hydrogen) atoms. The number of amides is 1. The standard InChI is InChI=1S/C16H22N4OS/c1-5-11(3)20(12(4)6-2)16(21)14-10-22-15(19-14)13-9-17-7-8-18-13/h7-12H,5-6H2,1-4H3. The van der Waals surface area contributed by atoms with Crippen LogP contribution in [-0.4, -0.2) is 37.8 Å². The highest BCUT2D eigenvalue weighted by Crippen LogP contribution is 2.23. The van der Waals surface area contributed by atoms with Crippen molar-refractivity contribution in [2.45, 2.75) is 52.6 Å². The lowest BCUT2D eigenvalue weighted by Gasteiger charge is -2.33. The first kappa shape index (κ1) is 16.5. The molecule has 0 aliphatic carbocycles. The van der Waals surface area contributed by atoms with Crippen molar-refractivity contribution in [1.82, 2.24) is 19.9 Å². The van der Waals surface area contributed by atoms with E-state index in [-0.39, 0.29) is 18.0 Å². The predicted molar refractivity (Wildman–Crippen MR) is 88.8 cm³/mol. The van der Waals surface area contributed by atoms with Gasteiger partial charge in [-0.15, -0.1) is 11.3 Å². The zero-order chi connectivity index (χ0) is 16.1. The number of nitrogens with zero attached hydrogens (tertiary/aromatic N) is 4. The second-order valence-electron chi connectivity index (χ2n) is 5.36. The largest absolute Gasteiger partial charge is 0.332 e. The zero-order valence-electron chi connectivity index (χ0n) is 13.5.